The number of fused-ring (bicyclic) bond motifs is 2. The van der Waals surface area contributed by atoms with Crippen molar-refractivity contribution in [3.63, 3.8) is 0 Å². The van der Waals surface area contributed by atoms with Gasteiger partial charge in [0.05, 0.1) is 0 Å². The average molecular weight is 465 g/mol. The van der Waals surface area contributed by atoms with Gasteiger partial charge in [-0.1, -0.05) is 108 Å². The first-order valence-electron chi connectivity index (χ1n) is 11.9. The Morgan fingerprint density at radius 1 is 0.576 bits per heavy atom. The Bertz CT molecular complexity index is 1400. The standard InChI is InChI=1S/C30H34NSi2/c1-21-12-8-9-13-24(21)26-18-22(2)25(20-31(26)3)23-16-17-29-30(19-23)33(6,7)28-15-11-10-14-27(28)32(29,4)5/h8-20H,1-7H3/q+1. The number of pyridine rings is 1. The highest BCUT2D eigenvalue weighted by atomic mass is 28.3. The number of nitrogens with zero attached hydrogens (tertiary/aromatic N) is 1. The van der Waals surface area contributed by atoms with Crippen LogP contribution in [0.5, 0.6) is 0 Å². The molecule has 0 amide bonds. The summed E-state index contributed by atoms with van der Waals surface area (Å²) in [6.45, 7) is 14.6. The van der Waals surface area contributed by atoms with Gasteiger partial charge in [0.1, 0.15) is 23.2 Å². The van der Waals surface area contributed by atoms with Crippen LogP contribution < -0.4 is 25.3 Å². The topological polar surface area (TPSA) is 3.88 Å². The maximum Gasteiger partial charge on any atom is 0.212 e. The predicted octanol–water partition coefficient (Wildman–Crippen LogP) is 4.42. The molecule has 4 aromatic rings. The molecule has 0 saturated carbocycles. The molecular formula is C30H34NSi2+. The van der Waals surface area contributed by atoms with Crippen LogP contribution in [0.15, 0.2) is 79.0 Å². The van der Waals surface area contributed by atoms with Crippen LogP contribution in [0.4, 0.5) is 0 Å². The molecule has 0 atom stereocenters. The van der Waals surface area contributed by atoms with Crippen LogP contribution in [0, 0.1) is 13.8 Å². The van der Waals surface area contributed by atoms with Crippen molar-refractivity contribution in [2.45, 2.75) is 40.0 Å². The number of benzene rings is 3. The third-order valence-corrected chi connectivity index (χ3v) is 15.5. The van der Waals surface area contributed by atoms with E-state index in [1.807, 2.05) is 0 Å². The molecule has 0 bridgehead atoms. The van der Waals surface area contributed by atoms with E-state index in [1.165, 1.54) is 33.5 Å². The van der Waals surface area contributed by atoms with Gasteiger partial charge in [-0.05, 0) is 36.6 Å². The van der Waals surface area contributed by atoms with Gasteiger partial charge in [0.15, 0.2) is 6.20 Å². The van der Waals surface area contributed by atoms with E-state index in [1.54, 1.807) is 20.7 Å². The lowest BCUT2D eigenvalue weighted by Gasteiger charge is -2.42. The monoisotopic (exact) mass is 464 g/mol. The SMILES string of the molecule is Cc1cc(-c2ccccc2C)[n+](C)cc1-c1ccc2c(c1)[Si](C)(C)c1ccccc1[Si]2(C)C. The summed E-state index contributed by atoms with van der Waals surface area (Å²) in [4.78, 5) is 0. The van der Waals surface area contributed by atoms with Gasteiger partial charge in [-0.25, -0.2) is 4.57 Å². The molecule has 0 spiro atoms. The largest absolute Gasteiger partial charge is 0.212 e. The second-order valence-corrected chi connectivity index (χ2v) is 19.4. The molecule has 1 aromatic heterocycles. The maximum absolute atomic E-state index is 2.54. The first-order valence-corrected chi connectivity index (χ1v) is 17.9. The molecule has 5 rings (SSSR count). The van der Waals surface area contributed by atoms with E-state index in [0.717, 1.165) is 0 Å². The van der Waals surface area contributed by atoms with Crippen molar-refractivity contribution < 1.29 is 4.57 Å². The molecule has 1 nitrogen and oxygen atoms in total. The third-order valence-electron chi connectivity index (χ3n) is 7.85. The van der Waals surface area contributed by atoms with E-state index in [9.17, 15) is 0 Å². The van der Waals surface area contributed by atoms with Crippen LogP contribution >= 0.6 is 0 Å². The van der Waals surface area contributed by atoms with E-state index < -0.39 is 16.1 Å². The van der Waals surface area contributed by atoms with E-state index in [2.05, 4.69) is 131 Å². The minimum Gasteiger partial charge on any atom is -0.200 e. The van der Waals surface area contributed by atoms with Crippen LogP contribution in [-0.2, 0) is 7.05 Å². The zero-order valence-electron chi connectivity index (χ0n) is 21.0. The van der Waals surface area contributed by atoms with Crippen LogP contribution in [-0.4, -0.2) is 16.1 Å². The van der Waals surface area contributed by atoms with E-state index >= 15 is 0 Å². The molecule has 1 aliphatic rings. The molecule has 0 N–H and O–H groups in total. The summed E-state index contributed by atoms with van der Waals surface area (Å²) < 4.78 is 2.29. The predicted molar refractivity (Wildman–Crippen MR) is 148 cm³/mol. The van der Waals surface area contributed by atoms with Gasteiger partial charge in [-0.2, -0.15) is 0 Å². The van der Waals surface area contributed by atoms with Crippen molar-refractivity contribution in [2.24, 2.45) is 7.05 Å². The van der Waals surface area contributed by atoms with Crippen molar-refractivity contribution in [3.05, 3.63) is 90.1 Å². The van der Waals surface area contributed by atoms with Crippen LogP contribution in [0.3, 0.4) is 0 Å². The summed E-state index contributed by atoms with van der Waals surface area (Å²) in [6, 6.07) is 27.7. The molecule has 3 heteroatoms. The van der Waals surface area contributed by atoms with Gasteiger partial charge in [0, 0.05) is 17.2 Å². The van der Waals surface area contributed by atoms with Gasteiger partial charge in [-0.3, -0.25) is 0 Å². The van der Waals surface area contributed by atoms with Gasteiger partial charge in [-0.15, -0.1) is 0 Å². The maximum atomic E-state index is 2.54. The second kappa shape index (κ2) is 7.64. The third kappa shape index (κ3) is 3.37. The number of aryl methyl sites for hydroxylation is 3. The summed E-state index contributed by atoms with van der Waals surface area (Å²) in [5, 5.41) is 6.57. The number of rotatable bonds is 2. The molecule has 0 fully saturated rings. The first-order chi connectivity index (χ1) is 15.6. The molecule has 1 aliphatic heterocycles. The smallest absolute Gasteiger partial charge is 0.200 e. The fraction of sp³-hybridized carbons (Fsp3) is 0.233. The molecule has 0 unspecified atom stereocenters. The quantitative estimate of drug-likeness (QED) is 0.305. The van der Waals surface area contributed by atoms with Crippen LogP contribution in [0.2, 0.25) is 26.2 Å². The summed E-state index contributed by atoms with van der Waals surface area (Å²) >= 11 is 0. The average Bonchev–Trinajstić information content (AvgIpc) is 2.80. The molecule has 2 heterocycles. The molecule has 0 aliphatic carbocycles. The Hall–Kier alpha value is -2.76. The van der Waals surface area contributed by atoms with Crippen LogP contribution in [0.1, 0.15) is 11.1 Å². The van der Waals surface area contributed by atoms with Crippen molar-refractivity contribution in [3.8, 4) is 22.4 Å². The Kier molecular flexibility index (Phi) is 5.11. The minimum absolute atomic E-state index is 1.27. The zero-order valence-corrected chi connectivity index (χ0v) is 23.0. The van der Waals surface area contributed by atoms with E-state index in [4.69, 9.17) is 0 Å². The fourth-order valence-electron chi connectivity index (χ4n) is 5.82. The molecule has 0 radical (unpaired) electrons. The second-order valence-electron chi connectivity index (χ2n) is 10.7. The van der Waals surface area contributed by atoms with Crippen molar-refractivity contribution >= 4 is 36.9 Å². The van der Waals surface area contributed by atoms with Crippen molar-refractivity contribution in [1.29, 1.82) is 0 Å². The number of hydrogen-bond acceptors (Lipinski definition) is 0. The Morgan fingerprint density at radius 3 is 1.82 bits per heavy atom. The Balaban J connectivity index is 1.67. The van der Waals surface area contributed by atoms with Gasteiger partial charge in [0.25, 0.3) is 0 Å². The highest BCUT2D eigenvalue weighted by Crippen LogP contribution is 2.27. The molecular weight excluding hydrogens is 431 g/mol. The van der Waals surface area contributed by atoms with E-state index in [0.29, 0.717) is 0 Å². The molecule has 3 aromatic carbocycles. The summed E-state index contributed by atoms with van der Waals surface area (Å²) in [7, 11) is -1.28. The zero-order chi connectivity index (χ0) is 23.5. The lowest BCUT2D eigenvalue weighted by atomic mass is 9.98. The highest BCUT2D eigenvalue weighted by Gasteiger charge is 2.43. The first kappa shape index (κ1) is 22.1. The Morgan fingerprint density at radius 2 is 1.15 bits per heavy atom. The minimum atomic E-state index is -1.76. The summed E-state index contributed by atoms with van der Waals surface area (Å²) in [5.74, 6) is 0. The lowest BCUT2D eigenvalue weighted by Crippen LogP contribution is -2.77. The van der Waals surface area contributed by atoms with Crippen LogP contribution in [0.25, 0.3) is 22.4 Å². The van der Waals surface area contributed by atoms with E-state index in [-0.39, 0.29) is 0 Å². The molecule has 0 saturated heterocycles. The summed E-state index contributed by atoms with van der Waals surface area (Å²) in [6.07, 6.45) is 2.33. The molecule has 166 valence electrons. The number of aromatic nitrogens is 1. The van der Waals surface area contributed by atoms with Crippen molar-refractivity contribution in [2.75, 3.05) is 0 Å². The normalized spacial score (nSPS) is 15.6. The molecule has 33 heavy (non-hydrogen) atoms. The Labute approximate surface area is 200 Å². The van der Waals surface area contributed by atoms with Gasteiger partial charge >= 0.3 is 0 Å². The lowest BCUT2D eigenvalue weighted by molar-refractivity contribution is -0.660. The van der Waals surface area contributed by atoms with Gasteiger partial charge < -0.3 is 0 Å². The highest BCUT2D eigenvalue weighted by molar-refractivity contribution is 7.16. The fourth-order valence-corrected chi connectivity index (χ4v) is 15.2. The van der Waals surface area contributed by atoms with Gasteiger partial charge in [0.2, 0.25) is 5.69 Å². The number of hydrogen-bond donors (Lipinski definition) is 0. The summed E-state index contributed by atoms with van der Waals surface area (Å²) in [5.41, 5.74) is 7.90. The van der Waals surface area contributed by atoms with Crippen molar-refractivity contribution in [1.82, 2.24) is 0 Å².